The number of carbonyl (C=O) groups is 1. The molecule has 1 aromatic heterocycles. The van der Waals surface area contributed by atoms with Gasteiger partial charge in [-0.3, -0.25) is 4.79 Å². The molecule has 0 radical (unpaired) electrons. The molecule has 0 N–H and O–H groups in total. The van der Waals surface area contributed by atoms with Gasteiger partial charge in [-0.1, -0.05) is 0 Å². The van der Waals surface area contributed by atoms with Gasteiger partial charge in [0.05, 0.1) is 22.7 Å². The average Bonchev–Trinajstić information content (AvgIpc) is 3.67. The number of hydrogen-bond donors (Lipinski definition) is 0. The normalized spacial score (nSPS) is 22.0. The summed E-state index contributed by atoms with van der Waals surface area (Å²) in [6, 6.07) is 3.57. The van der Waals surface area contributed by atoms with E-state index in [0.29, 0.717) is 37.6 Å². The van der Waals surface area contributed by atoms with E-state index in [2.05, 4.69) is 11.0 Å². The molecular weight excluding hydrogens is 497 g/mol. The zero-order valence-electron chi connectivity index (χ0n) is 20.5. The smallest absolute Gasteiger partial charge is 0.367 e. The highest BCUT2D eigenvalue weighted by molar-refractivity contribution is 7.89. The Labute approximate surface area is 209 Å². The molecule has 198 valence electrons. The summed E-state index contributed by atoms with van der Waals surface area (Å²) in [4.78, 5) is 22.2. The van der Waals surface area contributed by atoms with Gasteiger partial charge in [-0.2, -0.15) is 22.7 Å². The van der Waals surface area contributed by atoms with Crippen LogP contribution < -0.4 is 9.80 Å². The number of sulfonamides is 1. The number of amides is 1. The van der Waals surface area contributed by atoms with E-state index >= 15 is 0 Å². The van der Waals surface area contributed by atoms with Crippen LogP contribution in [0.25, 0.3) is 0 Å². The summed E-state index contributed by atoms with van der Waals surface area (Å²) in [5, 5.41) is 9.92. The van der Waals surface area contributed by atoms with Crippen molar-refractivity contribution in [1.82, 2.24) is 14.2 Å². The second-order valence-electron chi connectivity index (χ2n) is 9.61. The molecule has 3 heterocycles. The Morgan fingerprint density at radius 3 is 2.31 bits per heavy atom. The molecule has 9 nitrogen and oxygen atoms in total. The molecular formula is C23H31F3N6O3S. The van der Waals surface area contributed by atoms with Crippen molar-refractivity contribution in [3.63, 3.8) is 0 Å². The van der Waals surface area contributed by atoms with Crippen molar-refractivity contribution in [3.05, 3.63) is 17.3 Å². The molecule has 3 fully saturated rings. The fraction of sp³-hybridized carbons (Fsp3) is 0.696. The Hall–Kier alpha value is -2.59. The molecule has 13 heteroatoms. The third-order valence-corrected chi connectivity index (χ3v) is 8.91. The minimum atomic E-state index is -4.55. The van der Waals surface area contributed by atoms with Crippen LogP contribution in [0.4, 0.5) is 24.7 Å². The lowest BCUT2D eigenvalue weighted by atomic mass is 10.1. The summed E-state index contributed by atoms with van der Waals surface area (Å²) < 4.78 is 64.1. The first-order chi connectivity index (χ1) is 16.9. The highest BCUT2D eigenvalue weighted by atomic mass is 32.2. The number of rotatable bonds is 6. The van der Waals surface area contributed by atoms with Gasteiger partial charge >= 0.3 is 6.18 Å². The van der Waals surface area contributed by atoms with Crippen LogP contribution in [0.3, 0.4) is 0 Å². The van der Waals surface area contributed by atoms with Crippen molar-refractivity contribution >= 4 is 27.4 Å². The van der Waals surface area contributed by atoms with Gasteiger partial charge in [-0.15, -0.1) is 0 Å². The van der Waals surface area contributed by atoms with Crippen molar-refractivity contribution in [2.45, 2.75) is 51.2 Å². The van der Waals surface area contributed by atoms with Gasteiger partial charge < -0.3 is 14.7 Å². The van der Waals surface area contributed by atoms with E-state index in [4.69, 9.17) is 4.98 Å². The van der Waals surface area contributed by atoms with Gasteiger partial charge in [0.2, 0.25) is 15.9 Å². The summed E-state index contributed by atoms with van der Waals surface area (Å²) in [6.45, 7) is 5.76. The zero-order valence-corrected chi connectivity index (χ0v) is 21.3. The maximum atomic E-state index is 12.7. The molecule has 1 amide bonds. The molecule has 4 rings (SSSR count). The fourth-order valence-corrected chi connectivity index (χ4v) is 6.01. The Kier molecular flexibility index (Phi) is 7.39. The first-order valence-corrected chi connectivity index (χ1v) is 13.8. The zero-order chi connectivity index (χ0) is 26.3. The molecule has 1 aliphatic carbocycles. The Morgan fingerprint density at radius 2 is 1.78 bits per heavy atom. The van der Waals surface area contributed by atoms with E-state index in [1.54, 1.807) is 13.8 Å². The van der Waals surface area contributed by atoms with Gasteiger partial charge in [0.25, 0.3) is 0 Å². The fourth-order valence-electron chi connectivity index (χ4n) is 4.92. The summed E-state index contributed by atoms with van der Waals surface area (Å²) in [5.41, 5.74) is 2.08. The van der Waals surface area contributed by atoms with Crippen LogP contribution in [0.2, 0.25) is 0 Å². The Balaban J connectivity index is 1.54. The van der Waals surface area contributed by atoms with E-state index in [0.717, 1.165) is 24.2 Å². The van der Waals surface area contributed by atoms with Crippen LogP contribution in [-0.4, -0.2) is 92.3 Å². The number of aromatic nitrogens is 1. The Bertz CT molecular complexity index is 1140. The Morgan fingerprint density at radius 1 is 1.14 bits per heavy atom. The number of alkyl halides is 3. The quantitative estimate of drug-likeness (QED) is 0.559. The predicted octanol–water partition coefficient (Wildman–Crippen LogP) is 2.29. The number of hydrogen-bond acceptors (Lipinski definition) is 7. The highest BCUT2D eigenvalue weighted by Crippen LogP contribution is 2.45. The lowest BCUT2D eigenvalue weighted by Crippen LogP contribution is -2.55. The summed E-state index contributed by atoms with van der Waals surface area (Å²) >= 11 is 0. The largest absolute Gasteiger partial charge is 0.397 e. The first-order valence-electron chi connectivity index (χ1n) is 12.2. The number of pyridine rings is 1. The molecule has 1 atom stereocenters. The van der Waals surface area contributed by atoms with E-state index < -0.39 is 34.6 Å². The molecule has 0 aromatic carbocycles. The molecule has 3 aliphatic rings. The van der Waals surface area contributed by atoms with Gasteiger partial charge in [-0.05, 0) is 32.8 Å². The summed E-state index contributed by atoms with van der Waals surface area (Å²) in [7, 11) is -3.26. The van der Waals surface area contributed by atoms with Crippen LogP contribution in [0.1, 0.15) is 50.3 Å². The molecule has 0 unspecified atom stereocenters. The van der Waals surface area contributed by atoms with Crippen LogP contribution in [-0.2, 0) is 14.8 Å². The van der Waals surface area contributed by atoms with E-state index in [1.807, 2.05) is 11.0 Å². The SMILES string of the molecule is CCS(=O)(=O)N1CCN(c2cc(C#N)c(N3CCN(C(=O)CC(F)(F)F)[C@H](C)C3)nc2C2CC2)CC1. The molecule has 2 aliphatic heterocycles. The lowest BCUT2D eigenvalue weighted by molar-refractivity contribution is -0.163. The van der Waals surface area contributed by atoms with Crippen LogP contribution >= 0.6 is 0 Å². The second-order valence-corrected chi connectivity index (χ2v) is 11.9. The second kappa shape index (κ2) is 10.0. The lowest BCUT2D eigenvalue weighted by Gasteiger charge is -2.41. The summed E-state index contributed by atoms with van der Waals surface area (Å²) in [5.74, 6) is -0.134. The number of nitriles is 1. The number of nitrogens with zero attached hydrogens (tertiary/aromatic N) is 6. The van der Waals surface area contributed by atoms with Crippen LogP contribution in [0, 0.1) is 11.3 Å². The molecule has 0 spiro atoms. The van der Waals surface area contributed by atoms with Gasteiger partial charge in [0, 0.05) is 57.8 Å². The van der Waals surface area contributed by atoms with Crippen molar-refractivity contribution in [1.29, 1.82) is 5.26 Å². The molecule has 36 heavy (non-hydrogen) atoms. The van der Waals surface area contributed by atoms with Crippen molar-refractivity contribution in [2.75, 3.05) is 61.4 Å². The standard InChI is InChI=1S/C23H31F3N6O3S/c1-3-36(34,35)31-9-6-29(7-10-31)19-12-18(14-27)22(28-21(19)17-4-5-17)30-8-11-32(16(2)15-30)20(33)13-23(24,25)26/h12,16-17H,3-11,13,15H2,1-2H3/t16-/m1/s1. The number of anilines is 2. The maximum Gasteiger partial charge on any atom is 0.397 e. The van der Waals surface area contributed by atoms with Crippen LogP contribution in [0.15, 0.2) is 6.07 Å². The van der Waals surface area contributed by atoms with E-state index in [9.17, 15) is 31.6 Å². The minimum Gasteiger partial charge on any atom is -0.367 e. The van der Waals surface area contributed by atoms with E-state index in [-0.39, 0.29) is 31.3 Å². The molecule has 1 aromatic rings. The molecule has 2 saturated heterocycles. The minimum absolute atomic E-state index is 0.0582. The molecule has 1 saturated carbocycles. The molecule has 0 bridgehead atoms. The van der Waals surface area contributed by atoms with E-state index in [1.165, 1.54) is 9.21 Å². The predicted molar refractivity (Wildman–Crippen MR) is 128 cm³/mol. The average molecular weight is 529 g/mol. The number of halogens is 3. The van der Waals surface area contributed by atoms with Crippen LogP contribution in [0.5, 0.6) is 0 Å². The third kappa shape index (κ3) is 5.70. The number of piperazine rings is 2. The van der Waals surface area contributed by atoms with Gasteiger partial charge in [0.15, 0.2) is 0 Å². The third-order valence-electron chi connectivity index (χ3n) is 7.03. The topological polar surface area (TPSA) is 101 Å². The number of carbonyl (C=O) groups excluding carboxylic acids is 1. The van der Waals surface area contributed by atoms with Gasteiger partial charge in [-0.25, -0.2) is 13.4 Å². The monoisotopic (exact) mass is 528 g/mol. The van der Waals surface area contributed by atoms with Crippen molar-refractivity contribution in [3.8, 4) is 6.07 Å². The van der Waals surface area contributed by atoms with Gasteiger partial charge in [0.1, 0.15) is 18.3 Å². The first kappa shape index (κ1) is 26.5. The maximum absolute atomic E-state index is 12.7. The van der Waals surface area contributed by atoms with Crippen molar-refractivity contribution in [2.24, 2.45) is 0 Å². The van der Waals surface area contributed by atoms with Crippen molar-refractivity contribution < 1.29 is 26.4 Å². The summed E-state index contributed by atoms with van der Waals surface area (Å²) in [6.07, 6.45) is -4.08. The highest BCUT2D eigenvalue weighted by Gasteiger charge is 2.38.